The summed E-state index contributed by atoms with van der Waals surface area (Å²) in [6, 6.07) is 15.6. The van der Waals surface area contributed by atoms with E-state index in [4.69, 9.17) is 14.7 Å². The van der Waals surface area contributed by atoms with Crippen LogP contribution < -0.4 is 4.90 Å². The zero-order valence-electron chi connectivity index (χ0n) is 18.6. The molecule has 2 aromatic heterocycles. The topological polar surface area (TPSA) is 43.2 Å². The summed E-state index contributed by atoms with van der Waals surface area (Å²) in [4.78, 5) is 11.8. The van der Waals surface area contributed by atoms with E-state index in [0.29, 0.717) is 6.04 Å². The number of morpholine rings is 1. The van der Waals surface area contributed by atoms with Crippen molar-refractivity contribution in [3.05, 3.63) is 66.9 Å². The molecule has 0 unspecified atom stereocenters. The number of ether oxygens (including phenoxy) is 1. The molecule has 3 heterocycles. The van der Waals surface area contributed by atoms with Gasteiger partial charge in [-0.05, 0) is 63.2 Å². The van der Waals surface area contributed by atoms with E-state index < -0.39 is 0 Å². The monoisotopic (exact) mass is 430 g/mol. The molecule has 0 radical (unpaired) electrons. The lowest BCUT2D eigenvalue weighted by molar-refractivity contribution is 0.0989. The summed E-state index contributed by atoms with van der Waals surface area (Å²) >= 11 is 0. The highest BCUT2D eigenvalue weighted by Gasteiger charge is 2.21. The summed E-state index contributed by atoms with van der Waals surface area (Å²) in [5, 5.41) is 1.08. The fraction of sp³-hybridized carbons (Fsp3) is 0.308. The molecule has 1 aliphatic heterocycles. The van der Waals surface area contributed by atoms with Crippen LogP contribution in [0.5, 0.6) is 0 Å². The largest absolute Gasteiger partial charge is 0.377 e. The third-order valence-electron chi connectivity index (χ3n) is 6.11. The Labute approximate surface area is 187 Å². The Hall–Kier alpha value is -3.25. The molecule has 0 aliphatic carbocycles. The highest BCUT2D eigenvalue weighted by atomic mass is 19.1. The first kappa shape index (κ1) is 20.6. The van der Waals surface area contributed by atoms with Crippen LogP contribution in [0.1, 0.15) is 26.8 Å². The van der Waals surface area contributed by atoms with Crippen LogP contribution in [0.15, 0.2) is 61.1 Å². The third kappa shape index (κ3) is 3.75. The van der Waals surface area contributed by atoms with Gasteiger partial charge in [-0.2, -0.15) is 0 Å². The van der Waals surface area contributed by atoms with Crippen LogP contribution >= 0.6 is 0 Å². The van der Waals surface area contributed by atoms with E-state index in [1.54, 1.807) is 12.1 Å². The molecule has 32 heavy (non-hydrogen) atoms. The number of aromatic nitrogens is 3. The standard InChI is InChI=1S/C26H27FN4O/c1-17(2)31-16-29-25(19-4-7-22(27)8-5-19)26(31)20-6-9-24-21(12-20)13-23(14-28-24)30-10-11-32-15-18(30)3/h4-9,12-14,16-18H,10-11,15H2,1-3H3/t18-/m0/s1. The molecule has 5 nitrogen and oxygen atoms in total. The number of nitrogens with zero attached hydrogens (tertiary/aromatic N) is 4. The molecule has 4 aromatic rings. The van der Waals surface area contributed by atoms with Gasteiger partial charge in [-0.1, -0.05) is 6.07 Å². The maximum atomic E-state index is 13.5. The zero-order chi connectivity index (χ0) is 22.2. The second-order valence-corrected chi connectivity index (χ2v) is 8.67. The number of fused-ring (bicyclic) bond motifs is 1. The van der Waals surface area contributed by atoms with E-state index >= 15 is 0 Å². The van der Waals surface area contributed by atoms with E-state index in [9.17, 15) is 4.39 Å². The van der Waals surface area contributed by atoms with Crippen molar-refractivity contribution in [2.45, 2.75) is 32.9 Å². The minimum Gasteiger partial charge on any atom is -0.377 e. The van der Waals surface area contributed by atoms with Gasteiger partial charge < -0.3 is 14.2 Å². The predicted molar refractivity (Wildman–Crippen MR) is 126 cm³/mol. The average Bonchev–Trinajstić information content (AvgIpc) is 3.25. The van der Waals surface area contributed by atoms with Crippen molar-refractivity contribution < 1.29 is 9.13 Å². The van der Waals surface area contributed by atoms with Gasteiger partial charge in [0.2, 0.25) is 0 Å². The predicted octanol–water partition coefficient (Wildman–Crippen LogP) is 5.71. The van der Waals surface area contributed by atoms with Gasteiger partial charge in [0.15, 0.2) is 0 Å². The van der Waals surface area contributed by atoms with E-state index in [-0.39, 0.29) is 11.9 Å². The summed E-state index contributed by atoms with van der Waals surface area (Å²) in [6.07, 6.45) is 3.82. The number of imidazole rings is 1. The van der Waals surface area contributed by atoms with Crippen molar-refractivity contribution in [3.8, 4) is 22.5 Å². The Bertz CT molecular complexity index is 1250. The van der Waals surface area contributed by atoms with Crippen molar-refractivity contribution in [2.24, 2.45) is 0 Å². The van der Waals surface area contributed by atoms with Gasteiger partial charge in [0, 0.05) is 35.1 Å². The second-order valence-electron chi connectivity index (χ2n) is 8.67. The molecule has 0 amide bonds. The smallest absolute Gasteiger partial charge is 0.123 e. The van der Waals surface area contributed by atoms with Crippen molar-refractivity contribution >= 4 is 16.6 Å². The maximum Gasteiger partial charge on any atom is 0.123 e. The van der Waals surface area contributed by atoms with E-state index in [2.05, 4.69) is 54.5 Å². The van der Waals surface area contributed by atoms with Gasteiger partial charge in [-0.15, -0.1) is 0 Å². The number of hydrogen-bond acceptors (Lipinski definition) is 4. The molecule has 0 saturated carbocycles. The summed E-state index contributed by atoms with van der Waals surface area (Å²) in [5.41, 5.74) is 5.91. The molecule has 6 heteroatoms. The minimum absolute atomic E-state index is 0.237. The van der Waals surface area contributed by atoms with Crippen molar-refractivity contribution in [3.63, 3.8) is 0 Å². The van der Waals surface area contributed by atoms with Gasteiger partial charge >= 0.3 is 0 Å². The van der Waals surface area contributed by atoms with E-state index in [1.165, 1.54) is 12.1 Å². The van der Waals surface area contributed by atoms with Crippen LogP contribution in [0.3, 0.4) is 0 Å². The average molecular weight is 431 g/mol. The lowest BCUT2D eigenvalue weighted by Crippen LogP contribution is -2.43. The molecule has 1 fully saturated rings. The number of rotatable bonds is 4. The van der Waals surface area contributed by atoms with Gasteiger partial charge in [0.05, 0.1) is 48.3 Å². The minimum atomic E-state index is -0.250. The molecule has 0 bridgehead atoms. The molecule has 2 aromatic carbocycles. The summed E-state index contributed by atoms with van der Waals surface area (Å²) in [6.45, 7) is 8.78. The molecular weight excluding hydrogens is 403 g/mol. The Morgan fingerprint density at radius 3 is 2.56 bits per heavy atom. The summed E-state index contributed by atoms with van der Waals surface area (Å²) < 4.78 is 21.3. The first-order chi connectivity index (χ1) is 15.5. The maximum absolute atomic E-state index is 13.5. The molecule has 5 rings (SSSR count). The number of halogens is 1. The van der Waals surface area contributed by atoms with E-state index in [0.717, 1.165) is 58.9 Å². The molecule has 1 saturated heterocycles. The first-order valence-corrected chi connectivity index (χ1v) is 11.1. The quantitative estimate of drug-likeness (QED) is 0.416. The summed E-state index contributed by atoms with van der Waals surface area (Å²) in [5.74, 6) is -0.250. The lowest BCUT2D eigenvalue weighted by Gasteiger charge is -2.35. The Morgan fingerprint density at radius 2 is 1.81 bits per heavy atom. The van der Waals surface area contributed by atoms with Gasteiger partial charge in [0.25, 0.3) is 0 Å². The highest BCUT2D eigenvalue weighted by molar-refractivity contribution is 5.89. The molecule has 0 spiro atoms. The molecule has 1 aliphatic rings. The molecule has 164 valence electrons. The fourth-order valence-electron chi connectivity index (χ4n) is 4.39. The summed E-state index contributed by atoms with van der Waals surface area (Å²) in [7, 11) is 0. The number of anilines is 1. The second kappa shape index (κ2) is 8.36. The van der Waals surface area contributed by atoms with Gasteiger partial charge in [0.1, 0.15) is 5.82 Å². The van der Waals surface area contributed by atoms with Crippen LogP contribution in [0.2, 0.25) is 0 Å². The lowest BCUT2D eigenvalue weighted by atomic mass is 10.0. The number of benzene rings is 2. The van der Waals surface area contributed by atoms with Crippen molar-refractivity contribution in [1.29, 1.82) is 0 Å². The van der Waals surface area contributed by atoms with Crippen LogP contribution in [-0.4, -0.2) is 40.3 Å². The van der Waals surface area contributed by atoms with Crippen molar-refractivity contribution in [1.82, 2.24) is 14.5 Å². The molecular formula is C26H27FN4O. The van der Waals surface area contributed by atoms with Crippen LogP contribution in [0, 0.1) is 5.82 Å². The third-order valence-corrected chi connectivity index (χ3v) is 6.11. The van der Waals surface area contributed by atoms with Crippen LogP contribution in [0.25, 0.3) is 33.4 Å². The number of hydrogen-bond donors (Lipinski definition) is 0. The highest BCUT2D eigenvalue weighted by Crippen LogP contribution is 2.35. The Morgan fingerprint density at radius 1 is 1.03 bits per heavy atom. The molecule has 0 N–H and O–H groups in total. The molecule has 1 atom stereocenters. The Kier molecular flexibility index (Phi) is 5.39. The van der Waals surface area contributed by atoms with Crippen LogP contribution in [-0.2, 0) is 4.74 Å². The van der Waals surface area contributed by atoms with Crippen molar-refractivity contribution in [2.75, 3.05) is 24.7 Å². The van der Waals surface area contributed by atoms with E-state index in [1.807, 2.05) is 12.5 Å². The van der Waals surface area contributed by atoms with Crippen LogP contribution in [0.4, 0.5) is 10.1 Å². The SMILES string of the molecule is CC(C)n1cnc(-c2ccc(F)cc2)c1-c1ccc2ncc(N3CCOC[C@@H]3C)cc2c1. The normalized spacial score (nSPS) is 16.8. The van der Waals surface area contributed by atoms with Gasteiger partial charge in [-0.25, -0.2) is 9.37 Å². The zero-order valence-corrected chi connectivity index (χ0v) is 18.6. The first-order valence-electron chi connectivity index (χ1n) is 11.1. The van der Waals surface area contributed by atoms with Gasteiger partial charge in [-0.3, -0.25) is 4.98 Å². The Balaban J connectivity index is 1.62. The fourth-order valence-corrected chi connectivity index (χ4v) is 4.39. The number of pyridine rings is 1.